The summed E-state index contributed by atoms with van der Waals surface area (Å²) in [6.07, 6.45) is -10.4. The van der Waals surface area contributed by atoms with E-state index >= 15 is 0 Å². The Bertz CT molecular complexity index is 1020. The van der Waals surface area contributed by atoms with Gasteiger partial charge in [0.05, 0.1) is 0 Å². The van der Waals surface area contributed by atoms with Gasteiger partial charge in [0.1, 0.15) is 43.7 Å². The molecule has 11 nitrogen and oxygen atoms in total. The van der Waals surface area contributed by atoms with Crippen molar-refractivity contribution >= 4 is 17.7 Å². The van der Waals surface area contributed by atoms with E-state index in [9.17, 15) is 39.9 Å². The molecular weight excluding hydrogens is 500 g/mol. The molecule has 1 aliphatic heterocycles. The minimum atomic E-state index is -2.35. The Hall–Kier alpha value is -3.19. The van der Waals surface area contributed by atoms with Crippen molar-refractivity contribution in [1.29, 1.82) is 0 Å². The van der Waals surface area contributed by atoms with E-state index in [2.05, 4.69) is 0 Å². The molecule has 1 saturated heterocycles. The predicted octanol–water partition coefficient (Wildman–Crippen LogP) is -0.0104. The van der Waals surface area contributed by atoms with Gasteiger partial charge in [0.15, 0.2) is 17.5 Å². The molecule has 1 unspecified atom stereocenters. The first kappa shape index (κ1) is 29.4. The number of benzene rings is 2. The number of esters is 2. The van der Waals surface area contributed by atoms with Crippen molar-refractivity contribution in [2.45, 2.75) is 69.3 Å². The van der Waals surface area contributed by atoms with Gasteiger partial charge in [0.25, 0.3) is 0 Å². The Morgan fingerprint density at radius 3 is 1.82 bits per heavy atom. The van der Waals surface area contributed by atoms with Crippen LogP contribution < -0.4 is 0 Å². The van der Waals surface area contributed by atoms with E-state index in [1.807, 2.05) is 0 Å². The van der Waals surface area contributed by atoms with Crippen LogP contribution >= 0.6 is 0 Å². The molecule has 2 aromatic rings. The van der Waals surface area contributed by atoms with Gasteiger partial charge >= 0.3 is 11.9 Å². The minimum Gasteiger partial charge on any atom is -0.460 e. The van der Waals surface area contributed by atoms with Crippen LogP contribution in [0, 0.1) is 5.92 Å². The molecule has 3 rings (SSSR count). The summed E-state index contributed by atoms with van der Waals surface area (Å²) in [5.74, 6) is -6.64. The van der Waals surface area contributed by atoms with Crippen LogP contribution in [0.2, 0.25) is 0 Å². The molecule has 5 N–H and O–H groups in total. The lowest BCUT2D eigenvalue weighted by Gasteiger charge is -2.45. The third-order valence-corrected chi connectivity index (χ3v) is 6.27. The summed E-state index contributed by atoms with van der Waals surface area (Å²) in [4.78, 5) is 38.4. The van der Waals surface area contributed by atoms with Gasteiger partial charge in [0.2, 0.25) is 0 Å². The van der Waals surface area contributed by atoms with Crippen LogP contribution in [0.15, 0.2) is 60.7 Å². The van der Waals surface area contributed by atoms with E-state index in [1.165, 1.54) is 0 Å². The number of ketones is 1. The molecule has 206 valence electrons. The van der Waals surface area contributed by atoms with Crippen molar-refractivity contribution in [2.24, 2.45) is 5.92 Å². The minimum absolute atomic E-state index is 0.115. The summed E-state index contributed by atoms with van der Waals surface area (Å²) in [5, 5.41) is 50.5. The molecule has 0 aromatic heterocycles. The first-order valence-corrected chi connectivity index (χ1v) is 12.1. The lowest BCUT2D eigenvalue weighted by Crippen LogP contribution is -2.66. The summed E-state index contributed by atoms with van der Waals surface area (Å²) >= 11 is 0. The van der Waals surface area contributed by atoms with Gasteiger partial charge in [-0.3, -0.25) is 14.4 Å². The molecule has 0 amide bonds. The molecule has 0 saturated carbocycles. The fraction of sp³-hybridized carbons (Fsp3) is 0.444. The average molecular weight is 533 g/mol. The van der Waals surface area contributed by atoms with Gasteiger partial charge in [-0.05, 0) is 24.5 Å². The highest BCUT2D eigenvalue weighted by Gasteiger charge is 2.53. The number of carbonyl (C=O) groups is 3. The van der Waals surface area contributed by atoms with Crippen LogP contribution in [0.1, 0.15) is 30.9 Å². The van der Waals surface area contributed by atoms with E-state index < -0.39 is 66.4 Å². The first-order valence-electron chi connectivity index (χ1n) is 12.1. The molecule has 38 heavy (non-hydrogen) atoms. The number of hydrogen-bond acceptors (Lipinski definition) is 11. The van der Waals surface area contributed by atoms with Crippen LogP contribution in [0.25, 0.3) is 0 Å². The van der Waals surface area contributed by atoms with E-state index in [4.69, 9.17) is 14.2 Å². The summed E-state index contributed by atoms with van der Waals surface area (Å²) in [6.45, 7) is 0.769. The van der Waals surface area contributed by atoms with E-state index in [-0.39, 0.29) is 19.6 Å². The molecular formula is C27H32O11. The number of Topliss-reactive ketones (excluding diaryl/α,β-unsaturated/α-hetero) is 1. The zero-order valence-electron chi connectivity index (χ0n) is 20.8. The maximum Gasteiger partial charge on any atom is 0.320 e. The second-order valence-electron chi connectivity index (χ2n) is 9.25. The quantitative estimate of drug-likeness (QED) is 0.194. The Kier molecular flexibility index (Phi) is 10.1. The molecule has 6 atom stereocenters. The summed E-state index contributed by atoms with van der Waals surface area (Å²) < 4.78 is 15.6. The lowest BCUT2D eigenvalue weighted by molar-refractivity contribution is -0.346. The van der Waals surface area contributed by atoms with Gasteiger partial charge in [-0.25, -0.2) is 0 Å². The smallest absolute Gasteiger partial charge is 0.320 e. The number of aliphatic hydroxyl groups is 5. The van der Waals surface area contributed by atoms with Gasteiger partial charge in [-0.15, -0.1) is 0 Å². The van der Waals surface area contributed by atoms with Crippen molar-refractivity contribution in [3.8, 4) is 0 Å². The summed E-state index contributed by atoms with van der Waals surface area (Å²) in [5.41, 5.74) is 1.36. The van der Waals surface area contributed by atoms with Crippen LogP contribution in [0.3, 0.4) is 0 Å². The molecule has 0 spiro atoms. The fourth-order valence-corrected chi connectivity index (χ4v) is 3.97. The van der Waals surface area contributed by atoms with Crippen molar-refractivity contribution in [3.05, 3.63) is 71.8 Å². The Morgan fingerprint density at radius 2 is 1.34 bits per heavy atom. The average Bonchev–Trinajstić information content (AvgIpc) is 2.92. The van der Waals surface area contributed by atoms with Gasteiger partial charge in [-0.1, -0.05) is 60.7 Å². The molecule has 0 aliphatic carbocycles. The molecule has 0 radical (unpaired) electrons. The van der Waals surface area contributed by atoms with Crippen LogP contribution in [0.4, 0.5) is 0 Å². The Morgan fingerprint density at radius 1 is 0.868 bits per heavy atom. The molecule has 11 heteroatoms. The van der Waals surface area contributed by atoms with Gasteiger partial charge in [0, 0.05) is 6.42 Å². The highest BCUT2D eigenvalue weighted by Crippen LogP contribution is 2.30. The lowest BCUT2D eigenvalue weighted by atomic mass is 9.88. The monoisotopic (exact) mass is 532 g/mol. The number of aliphatic hydroxyl groups excluding tert-OH is 4. The third kappa shape index (κ3) is 7.44. The van der Waals surface area contributed by atoms with Gasteiger partial charge in [-0.2, -0.15) is 0 Å². The van der Waals surface area contributed by atoms with Crippen molar-refractivity contribution in [3.63, 3.8) is 0 Å². The standard InChI is InChI=1S/C27H32O11/c1-27(35)24(32)22(31)21(30)23(38-27)20(29)19(28)13-12-18(25(33)36-14-16-8-4-2-5-9-16)26(34)37-15-17-10-6-3-7-11-17/h2-11,18,20-24,29-32,35H,12-15H2,1H3/t20?,21-,22-,23+,24-,27-/m0/s1. The van der Waals surface area contributed by atoms with Crippen LogP contribution in [0.5, 0.6) is 0 Å². The van der Waals surface area contributed by atoms with Gasteiger partial charge < -0.3 is 39.7 Å². The van der Waals surface area contributed by atoms with Crippen LogP contribution in [-0.2, 0) is 41.8 Å². The maximum atomic E-state index is 12.8. The fourth-order valence-electron chi connectivity index (χ4n) is 3.97. The summed E-state index contributed by atoms with van der Waals surface area (Å²) in [6, 6.07) is 17.5. The molecule has 1 aliphatic rings. The Balaban J connectivity index is 1.66. The third-order valence-electron chi connectivity index (χ3n) is 6.27. The topological polar surface area (TPSA) is 180 Å². The SMILES string of the molecule is C[C@]1(O)O[C@H](C(O)C(=O)CCC(C(=O)OCc2ccccc2)C(=O)OCc2ccccc2)[C@@H](O)[C@H](O)[C@@H]1O. The Labute approximate surface area is 219 Å². The van der Waals surface area contributed by atoms with Crippen LogP contribution in [-0.4, -0.2) is 79.6 Å². The van der Waals surface area contributed by atoms with E-state index in [0.717, 1.165) is 6.92 Å². The first-order chi connectivity index (χ1) is 18.0. The zero-order chi connectivity index (χ0) is 27.9. The molecule has 1 heterocycles. The largest absolute Gasteiger partial charge is 0.460 e. The molecule has 0 bridgehead atoms. The normalized spacial score (nSPS) is 26.0. The molecule has 2 aromatic carbocycles. The van der Waals surface area contributed by atoms with E-state index in [0.29, 0.717) is 11.1 Å². The number of rotatable bonds is 11. The second-order valence-corrected chi connectivity index (χ2v) is 9.25. The number of hydrogen-bond donors (Lipinski definition) is 5. The zero-order valence-corrected chi connectivity index (χ0v) is 20.8. The second kappa shape index (κ2) is 13.1. The van der Waals surface area contributed by atoms with Crippen molar-refractivity contribution in [1.82, 2.24) is 0 Å². The maximum absolute atomic E-state index is 12.8. The van der Waals surface area contributed by atoms with E-state index in [1.54, 1.807) is 60.7 Å². The number of carbonyl (C=O) groups excluding carboxylic acids is 3. The number of ether oxygens (including phenoxy) is 3. The predicted molar refractivity (Wildman–Crippen MR) is 130 cm³/mol. The molecule has 1 fully saturated rings. The highest BCUT2D eigenvalue weighted by atomic mass is 16.7. The van der Waals surface area contributed by atoms with Crippen molar-refractivity contribution in [2.75, 3.05) is 0 Å². The highest BCUT2D eigenvalue weighted by molar-refractivity contribution is 5.95. The summed E-state index contributed by atoms with van der Waals surface area (Å²) in [7, 11) is 0. The van der Waals surface area contributed by atoms with Crippen molar-refractivity contribution < 1.29 is 54.1 Å².